The third-order valence-corrected chi connectivity index (χ3v) is 7.45. The zero-order valence-electron chi connectivity index (χ0n) is 19.7. The standard InChI is InChI=1S/C25H30N7OP/c1-17-10-22-21(11-18(17)6-5-8-26)19(12-23(30-22)24-14-28-16-34-24)13-29-32(25(27)33)15-20-7-3-4-9-31(20)2/h10-14,16,20,34H,3-7,9,15H2,1-2H3,(H2,27,33)/b29-13+. The number of likely N-dealkylation sites (N-methyl/N-ethyl adjacent to an activating group) is 1. The van der Waals surface area contributed by atoms with Gasteiger partial charge in [-0.15, -0.1) is 8.19 Å². The van der Waals surface area contributed by atoms with Gasteiger partial charge in [-0.1, -0.05) is 6.42 Å². The van der Waals surface area contributed by atoms with Crippen LogP contribution in [0.5, 0.6) is 0 Å². The fraction of sp³-hybridized carbons (Fsp3) is 0.400. The SMILES string of the molecule is Cc1cc2nc(-c3cnc[pH]3)cc(/C=N/N(CC3CCCCN3C)C(N)=O)c2cc1CCC#N. The van der Waals surface area contributed by atoms with E-state index in [1.807, 2.05) is 25.1 Å². The van der Waals surface area contributed by atoms with Gasteiger partial charge >= 0.3 is 6.03 Å². The molecule has 1 saturated heterocycles. The lowest BCUT2D eigenvalue weighted by Crippen LogP contribution is -2.46. The number of hydrogen-bond donors (Lipinski definition) is 1. The fourth-order valence-corrected chi connectivity index (χ4v) is 5.16. The zero-order chi connectivity index (χ0) is 24.1. The van der Waals surface area contributed by atoms with Crippen molar-refractivity contribution in [2.24, 2.45) is 10.8 Å². The molecule has 0 saturated carbocycles. The number of hydrogen-bond acceptors (Lipinski definition) is 6. The molecule has 8 nitrogen and oxygen atoms in total. The minimum atomic E-state index is -0.562. The highest BCUT2D eigenvalue weighted by Gasteiger charge is 2.23. The predicted molar refractivity (Wildman–Crippen MR) is 137 cm³/mol. The number of primary amides is 1. The second-order valence-corrected chi connectivity index (χ2v) is 9.90. The molecule has 0 spiro atoms. The fourth-order valence-electron chi connectivity index (χ4n) is 4.45. The van der Waals surface area contributed by atoms with Gasteiger partial charge in [-0.05, 0) is 69.1 Å². The minimum Gasteiger partial charge on any atom is -0.350 e. The Bertz CT molecular complexity index is 1230. The summed E-state index contributed by atoms with van der Waals surface area (Å²) in [5, 5.41) is 16.9. The number of likely N-dealkylation sites (tertiary alicyclic amines) is 1. The summed E-state index contributed by atoms with van der Waals surface area (Å²) in [6, 6.07) is 8.05. The molecule has 1 aromatic carbocycles. The Morgan fingerprint density at radius 3 is 2.97 bits per heavy atom. The van der Waals surface area contributed by atoms with Gasteiger partial charge in [0, 0.05) is 40.8 Å². The molecule has 0 aliphatic carbocycles. The van der Waals surface area contributed by atoms with Gasteiger partial charge in [0.2, 0.25) is 0 Å². The van der Waals surface area contributed by atoms with Crippen molar-refractivity contribution in [3.8, 4) is 17.1 Å². The van der Waals surface area contributed by atoms with Crippen molar-refractivity contribution in [1.82, 2.24) is 19.9 Å². The van der Waals surface area contributed by atoms with Crippen molar-refractivity contribution >= 4 is 31.3 Å². The molecule has 1 aliphatic heterocycles. The summed E-state index contributed by atoms with van der Waals surface area (Å²) in [5.41, 5.74) is 10.5. The van der Waals surface area contributed by atoms with E-state index in [0.717, 1.165) is 58.0 Å². The largest absolute Gasteiger partial charge is 0.350 e. The maximum absolute atomic E-state index is 12.2. The third kappa shape index (κ3) is 5.44. The topological polar surface area (TPSA) is 112 Å². The van der Waals surface area contributed by atoms with E-state index in [4.69, 9.17) is 16.0 Å². The molecule has 9 heteroatoms. The van der Waals surface area contributed by atoms with Crippen LogP contribution in [0.1, 0.15) is 42.4 Å². The summed E-state index contributed by atoms with van der Waals surface area (Å²) in [5.74, 6) is 1.89. The van der Waals surface area contributed by atoms with E-state index in [2.05, 4.69) is 40.2 Å². The number of aromatic nitrogens is 2. The lowest BCUT2D eigenvalue weighted by atomic mass is 9.98. The summed E-state index contributed by atoms with van der Waals surface area (Å²) < 4.78 is 0. The number of benzene rings is 1. The molecule has 3 aromatic rings. The molecule has 2 amide bonds. The number of piperidine rings is 1. The van der Waals surface area contributed by atoms with Crippen LogP contribution in [0.4, 0.5) is 4.79 Å². The van der Waals surface area contributed by atoms with Gasteiger partial charge in [0.15, 0.2) is 0 Å². The maximum atomic E-state index is 12.2. The molecule has 2 atom stereocenters. The lowest BCUT2D eigenvalue weighted by Gasteiger charge is -2.34. The molecule has 3 heterocycles. The molecule has 0 radical (unpaired) electrons. The van der Waals surface area contributed by atoms with Gasteiger partial charge < -0.3 is 10.6 Å². The molecule has 0 bridgehead atoms. The normalized spacial score (nSPS) is 16.9. The summed E-state index contributed by atoms with van der Waals surface area (Å²) >= 11 is 0. The van der Waals surface area contributed by atoms with Gasteiger partial charge in [-0.3, -0.25) is 4.98 Å². The van der Waals surface area contributed by atoms with E-state index in [-0.39, 0.29) is 6.04 Å². The highest BCUT2D eigenvalue weighted by atomic mass is 31.0. The zero-order valence-corrected chi connectivity index (χ0v) is 20.7. The van der Waals surface area contributed by atoms with E-state index in [9.17, 15) is 4.79 Å². The number of carbonyl (C=O) groups excluding carboxylic acids is 1. The first-order valence-electron chi connectivity index (χ1n) is 11.6. The molecule has 176 valence electrons. The van der Waals surface area contributed by atoms with Gasteiger partial charge in [-0.2, -0.15) is 10.4 Å². The molecule has 34 heavy (non-hydrogen) atoms. The molecule has 2 aromatic heterocycles. The van der Waals surface area contributed by atoms with E-state index < -0.39 is 6.03 Å². The Labute approximate surface area is 201 Å². The number of carbonyl (C=O) groups is 1. The van der Waals surface area contributed by atoms with Crippen LogP contribution in [0, 0.1) is 18.3 Å². The second kappa shape index (κ2) is 10.8. The van der Waals surface area contributed by atoms with Gasteiger partial charge in [0.1, 0.15) is 0 Å². The number of rotatable bonds is 7. The Kier molecular flexibility index (Phi) is 7.56. The quantitative estimate of drug-likeness (QED) is 0.405. The van der Waals surface area contributed by atoms with Crippen LogP contribution in [0.25, 0.3) is 21.9 Å². The summed E-state index contributed by atoms with van der Waals surface area (Å²) in [7, 11) is 2.55. The Balaban J connectivity index is 1.74. The number of amides is 2. The van der Waals surface area contributed by atoms with Crippen LogP contribution in [0.15, 0.2) is 35.4 Å². The predicted octanol–water partition coefficient (Wildman–Crippen LogP) is 4.29. The monoisotopic (exact) mass is 475 g/mol. The number of fused-ring (bicyclic) bond motifs is 1. The maximum Gasteiger partial charge on any atom is 0.335 e. The number of nitrogens with two attached hydrogens (primary N) is 1. The number of urea groups is 1. The molecular formula is C25H30N7OP. The van der Waals surface area contributed by atoms with Gasteiger partial charge in [0.25, 0.3) is 0 Å². The summed E-state index contributed by atoms with van der Waals surface area (Å²) in [6.45, 7) is 3.52. The number of hydrazone groups is 1. The van der Waals surface area contributed by atoms with Crippen molar-refractivity contribution in [3.05, 3.63) is 47.0 Å². The Hall–Kier alpha value is -3.27. The van der Waals surface area contributed by atoms with E-state index in [1.54, 1.807) is 6.21 Å². The molecule has 2 unspecified atom stereocenters. The first kappa shape index (κ1) is 23.9. The smallest absolute Gasteiger partial charge is 0.335 e. The van der Waals surface area contributed by atoms with Crippen LogP contribution >= 0.6 is 8.19 Å². The van der Waals surface area contributed by atoms with Crippen molar-refractivity contribution in [3.63, 3.8) is 0 Å². The van der Waals surface area contributed by atoms with E-state index in [0.29, 0.717) is 27.6 Å². The lowest BCUT2D eigenvalue weighted by molar-refractivity contribution is 0.139. The number of pyridine rings is 1. The molecule has 1 aliphatic rings. The number of aryl methyl sites for hydroxylation is 2. The minimum absolute atomic E-state index is 0.241. The van der Waals surface area contributed by atoms with Crippen LogP contribution in [-0.2, 0) is 6.42 Å². The first-order chi connectivity index (χ1) is 16.5. The molecule has 1 fully saturated rings. The molecule has 2 N–H and O–H groups in total. The van der Waals surface area contributed by atoms with Crippen LogP contribution < -0.4 is 5.73 Å². The van der Waals surface area contributed by atoms with Gasteiger partial charge in [0.05, 0.1) is 30.0 Å². The summed E-state index contributed by atoms with van der Waals surface area (Å²) in [6.07, 6.45) is 8.03. The van der Waals surface area contributed by atoms with Gasteiger partial charge in [-0.25, -0.2) is 14.8 Å². The number of nitriles is 1. The molecule has 4 rings (SSSR count). The summed E-state index contributed by atoms with van der Waals surface area (Å²) in [4.78, 5) is 23.6. The van der Waals surface area contributed by atoms with Crippen LogP contribution in [0.2, 0.25) is 0 Å². The van der Waals surface area contributed by atoms with Crippen molar-refractivity contribution in [2.45, 2.75) is 45.1 Å². The average Bonchev–Trinajstić information content (AvgIpc) is 3.36. The number of nitrogens with zero attached hydrogens (tertiary/aromatic N) is 6. The highest BCUT2D eigenvalue weighted by molar-refractivity contribution is 7.33. The highest BCUT2D eigenvalue weighted by Crippen LogP contribution is 2.30. The van der Waals surface area contributed by atoms with E-state index >= 15 is 0 Å². The second-order valence-electron chi connectivity index (χ2n) is 8.81. The van der Waals surface area contributed by atoms with Crippen LogP contribution in [0.3, 0.4) is 0 Å². The molecular weight excluding hydrogens is 445 g/mol. The van der Waals surface area contributed by atoms with Crippen molar-refractivity contribution in [2.75, 3.05) is 20.1 Å². The van der Waals surface area contributed by atoms with Crippen LogP contribution in [-0.4, -0.2) is 58.3 Å². The van der Waals surface area contributed by atoms with E-state index in [1.165, 1.54) is 11.4 Å². The first-order valence-corrected chi connectivity index (χ1v) is 12.6. The van der Waals surface area contributed by atoms with Crippen molar-refractivity contribution < 1.29 is 4.79 Å². The average molecular weight is 476 g/mol. The van der Waals surface area contributed by atoms with Crippen molar-refractivity contribution in [1.29, 1.82) is 5.26 Å². The third-order valence-electron chi connectivity index (χ3n) is 6.47. The Morgan fingerprint density at radius 1 is 1.41 bits per heavy atom. The Morgan fingerprint density at radius 2 is 2.26 bits per heavy atom.